The van der Waals surface area contributed by atoms with Crippen molar-refractivity contribution < 1.29 is 5.11 Å². The molecule has 0 unspecified atom stereocenters. The second-order valence-corrected chi connectivity index (χ2v) is 6.18. The van der Waals surface area contributed by atoms with Gasteiger partial charge in [-0.1, -0.05) is 0 Å². The van der Waals surface area contributed by atoms with Crippen molar-refractivity contribution in [3.8, 4) is 0 Å². The third-order valence-corrected chi connectivity index (χ3v) is 4.62. The van der Waals surface area contributed by atoms with Gasteiger partial charge in [-0.25, -0.2) is 0 Å². The average Bonchev–Trinajstić information content (AvgIpc) is 3.26. The summed E-state index contributed by atoms with van der Waals surface area (Å²) in [5.41, 5.74) is 3.62. The van der Waals surface area contributed by atoms with Gasteiger partial charge in [-0.15, -0.1) is 0 Å². The van der Waals surface area contributed by atoms with Crippen LogP contribution < -0.4 is 5.32 Å². The van der Waals surface area contributed by atoms with Gasteiger partial charge in [-0.05, 0) is 51.4 Å². The van der Waals surface area contributed by atoms with Crippen LogP contribution in [0.2, 0.25) is 0 Å². The van der Waals surface area contributed by atoms with E-state index in [0.717, 1.165) is 30.1 Å². The highest BCUT2D eigenvalue weighted by atomic mass is 16.3. The van der Waals surface area contributed by atoms with Gasteiger partial charge in [-0.2, -0.15) is 5.10 Å². The largest absolute Gasteiger partial charge is 0.394 e. The lowest BCUT2D eigenvalue weighted by atomic mass is 10.1. The maximum absolute atomic E-state index is 9.05. The molecular weight excluding hydrogens is 238 g/mol. The average molecular weight is 263 g/mol. The number of nitrogens with one attached hydrogen (secondary N) is 1. The lowest BCUT2D eigenvalue weighted by molar-refractivity contribution is 0.267. The van der Waals surface area contributed by atoms with E-state index in [9.17, 15) is 0 Å². The van der Waals surface area contributed by atoms with Crippen LogP contribution in [-0.2, 0) is 13.1 Å². The fraction of sp³-hybridized carbons (Fsp3) is 0.800. The quantitative estimate of drug-likeness (QED) is 0.788. The van der Waals surface area contributed by atoms with Crippen LogP contribution in [0.1, 0.15) is 42.6 Å². The zero-order valence-corrected chi connectivity index (χ0v) is 12.0. The van der Waals surface area contributed by atoms with Crippen LogP contribution in [0.3, 0.4) is 0 Å². The molecule has 2 aliphatic carbocycles. The van der Waals surface area contributed by atoms with E-state index in [1.807, 2.05) is 4.68 Å². The molecule has 0 radical (unpaired) electrons. The Kier molecular flexibility index (Phi) is 3.63. The molecule has 2 saturated carbocycles. The molecule has 2 aliphatic rings. The van der Waals surface area contributed by atoms with E-state index in [2.05, 4.69) is 24.3 Å². The minimum absolute atomic E-state index is 0.154. The maximum Gasteiger partial charge on any atom is 0.0644 e. The molecule has 106 valence electrons. The smallest absolute Gasteiger partial charge is 0.0644 e. The first kappa shape index (κ1) is 13.1. The molecule has 4 nitrogen and oxygen atoms in total. The van der Waals surface area contributed by atoms with Gasteiger partial charge < -0.3 is 10.4 Å². The second kappa shape index (κ2) is 5.25. The van der Waals surface area contributed by atoms with E-state index in [0.29, 0.717) is 6.54 Å². The fourth-order valence-electron chi connectivity index (χ4n) is 3.15. The highest BCUT2D eigenvalue weighted by Gasteiger charge is 2.41. The summed E-state index contributed by atoms with van der Waals surface area (Å²) in [6, 6.07) is 0.736. The second-order valence-electron chi connectivity index (χ2n) is 6.18. The number of rotatable bonds is 7. The molecule has 1 aromatic heterocycles. The fourth-order valence-corrected chi connectivity index (χ4v) is 3.15. The summed E-state index contributed by atoms with van der Waals surface area (Å²) in [4.78, 5) is 0. The summed E-state index contributed by atoms with van der Waals surface area (Å²) in [6.45, 7) is 5.86. The molecule has 0 aromatic carbocycles. The van der Waals surface area contributed by atoms with Crippen molar-refractivity contribution in [1.29, 1.82) is 0 Å². The minimum Gasteiger partial charge on any atom is -0.394 e. The van der Waals surface area contributed by atoms with Crippen LogP contribution in [0, 0.1) is 25.7 Å². The van der Waals surface area contributed by atoms with Gasteiger partial charge in [0.1, 0.15) is 0 Å². The van der Waals surface area contributed by atoms with E-state index in [1.54, 1.807) is 0 Å². The third-order valence-electron chi connectivity index (χ3n) is 4.62. The molecule has 2 N–H and O–H groups in total. The van der Waals surface area contributed by atoms with Crippen LogP contribution in [0.25, 0.3) is 0 Å². The summed E-state index contributed by atoms with van der Waals surface area (Å²) in [6.07, 6.45) is 5.65. The molecule has 0 amide bonds. The Morgan fingerprint density at radius 1 is 1.26 bits per heavy atom. The van der Waals surface area contributed by atoms with E-state index < -0.39 is 0 Å². The molecule has 1 heterocycles. The van der Waals surface area contributed by atoms with Crippen molar-refractivity contribution in [1.82, 2.24) is 15.1 Å². The Morgan fingerprint density at radius 3 is 2.42 bits per heavy atom. The van der Waals surface area contributed by atoms with Crippen molar-refractivity contribution in [3.05, 3.63) is 17.0 Å². The Bertz CT molecular complexity index is 434. The molecule has 3 rings (SSSR count). The highest BCUT2D eigenvalue weighted by molar-refractivity contribution is 5.24. The SMILES string of the molecule is Cc1nn(CCO)c(C)c1CNC(C1CC1)C1CC1. The Hall–Kier alpha value is -0.870. The van der Waals surface area contributed by atoms with Gasteiger partial charge >= 0.3 is 0 Å². The summed E-state index contributed by atoms with van der Waals surface area (Å²) >= 11 is 0. The Labute approximate surface area is 115 Å². The van der Waals surface area contributed by atoms with Crippen molar-refractivity contribution in [2.75, 3.05) is 6.61 Å². The Morgan fingerprint density at radius 2 is 1.89 bits per heavy atom. The molecule has 0 saturated heterocycles. The van der Waals surface area contributed by atoms with Crippen LogP contribution in [0.15, 0.2) is 0 Å². The monoisotopic (exact) mass is 263 g/mol. The van der Waals surface area contributed by atoms with Crippen molar-refractivity contribution in [2.45, 2.75) is 58.7 Å². The van der Waals surface area contributed by atoms with Gasteiger partial charge in [-0.3, -0.25) is 4.68 Å². The van der Waals surface area contributed by atoms with E-state index in [1.165, 1.54) is 36.9 Å². The molecule has 0 atom stereocenters. The molecular formula is C15H25N3O. The van der Waals surface area contributed by atoms with E-state index >= 15 is 0 Å². The molecule has 0 aliphatic heterocycles. The third kappa shape index (κ3) is 2.84. The predicted molar refractivity (Wildman–Crippen MR) is 74.9 cm³/mol. The number of hydrogen-bond acceptors (Lipinski definition) is 3. The summed E-state index contributed by atoms with van der Waals surface area (Å²) in [7, 11) is 0. The van der Waals surface area contributed by atoms with Gasteiger partial charge in [0.25, 0.3) is 0 Å². The number of aryl methyl sites for hydroxylation is 1. The van der Waals surface area contributed by atoms with E-state index in [-0.39, 0.29) is 6.61 Å². The topological polar surface area (TPSA) is 50.1 Å². The lowest BCUT2D eigenvalue weighted by Crippen LogP contribution is -2.32. The van der Waals surface area contributed by atoms with Crippen LogP contribution >= 0.6 is 0 Å². The molecule has 19 heavy (non-hydrogen) atoms. The first-order valence-electron chi connectivity index (χ1n) is 7.58. The van der Waals surface area contributed by atoms with E-state index in [4.69, 9.17) is 5.11 Å². The summed E-state index contributed by atoms with van der Waals surface area (Å²) < 4.78 is 1.93. The first-order valence-corrected chi connectivity index (χ1v) is 7.58. The van der Waals surface area contributed by atoms with Crippen LogP contribution in [0.5, 0.6) is 0 Å². The number of hydrogen-bond donors (Lipinski definition) is 2. The van der Waals surface area contributed by atoms with Gasteiger partial charge in [0.2, 0.25) is 0 Å². The zero-order valence-electron chi connectivity index (χ0n) is 12.0. The molecule has 4 heteroatoms. The van der Waals surface area contributed by atoms with Gasteiger partial charge in [0.05, 0.1) is 18.8 Å². The van der Waals surface area contributed by atoms with Crippen LogP contribution in [-0.4, -0.2) is 27.5 Å². The van der Waals surface area contributed by atoms with Gasteiger partial charge in [0.15, 0.2) is 0 Å². The van der Waals surface area contributed by atoms with Gasteiger partial charge in [0, 0.05) is 23.8 Å². The maximum atomic E-state index is 9.05. The minimum atomic E-state index is 0.154. The standard InChI is InChI=1S/C15H25N3O/c1-10-14(11(2)18(17-10)7-8-19)9-16-15(12-3-4-12)13-5-6-13/h12-13,15-16,19H,3-9H2,1-2H3. The number of aliphatic hydroxyl groups is 1. The molecule has 2 fully saturated rings. The highest BCUT2D eigenvalue weighted by Crippen LogP contribution is 2.44. The lowest BCUT2D eigenvalue weighted by Gasteiger charge is -2.17. The first-order chi connectivity index (χ1) is 9.20. The molecule has 0 bridgehead atoms. The van der Waals surface area contributed by atoms with Crippen molar-refractivity contribution in [2.24, 2.45) is 11.8 Å². The Balaban J connectivity index is 1.65. The van der Waals surface area contributed by atoms with Crippen LogP contribution in [0.4, 0.5) is 0 Å². The molecule has 1 aromatic rings. The predicted octanol–water partition coefficient (Wildman–Crippen LogP) is 1.77. The normalized spacial score (nSPS) is 19.4. The summed E-state index contributed by atoms with van der Waals surface area (Å²) in [5, 5.41) is 17.3. The van der Waals surface area contributed by atoms with Crippen molar-refractivity contribution in [3.63, 3.8) is 0 Å². The molecule has 0 spiro atoms. The number of aliphatic hydroxyl groups excluding tert-OH is 1. The summed E-state index contributed by atoms with van der Waals surface area (Å²) in [5.74, 6) is 1.86. The number of aromatic nitrogens is 2. The number of nitrogens with zero attached hydrogens (tertiary/aromatic N) is 2. The van der Waals surface area contributed by atoms with Crippen molar-refractivity contribution >= 4 is 0 Å². The zero-order chi connectivity index (χ0) is 13.4.